The van der Waals surface area contributed by atoms with Crippen molar-refractivity contribution < 1.29 is 23.3 Å². The van der Waals surface area contributed by atoms with Gasteiger partial charge in [0.1, 0.15) is 0 Å². The Bertz CT molecular complexity index is 40.5. The molecule has 0 radical (unpaired) electrons. The summed E-state index contributed by atoms with van der Waals surface area (Å²) in [6.07, 6.45) is 0. The van der Waals surface area contributed by atoms with Crippen molar-refractivity contribution in [2.45, 2.75) is 19.6 Å². The van der Waals surface area contributed by atoms with E-state index in [4.69, 9.17) is 3.08 Å². The van der Waals surface area contributed by atoms with Gasteiger partial charge in [0.2, 0.25) is 0 Å². The van der Waals surface area contributed by atoms with Crippen molar-refractivity contribution in [1.82, 2.24) is 0 Å². The van der Waals surface area contributed by atoms with E-state index in [1.807, 2.05) is 0 Å². The molecule has 6 heavy (non-hydrogen) atoms. The summed E-state index contributed by atoms with van der Waals surface area (Å²) < 4.78 is 5.16. The third kappa shape index (κ3) is 4.87. The van der Waals surface area contributed by atoms with Crippen LogP contribution in [0.2, 0.25) is 19.6 Å². The molecule has 0 aliphatic heterocycles. The van der Waals surface area contributed by atoms with Gasteiger partial charge in [0, 0.05) is 0 Å². The van der Waals surface area contributed by atoms with E-state index in [0.717, 1.165) is 0 Å². The molecule has 0 amide bonds. The Hall–Kier alpha value is 0.865. The van der Waals surface area contributed by atoms with Crippen LogP contribution < -0.4 is 0 Å². The molecule has 0 N–H and O–H groups in total. The van der Waals surface area contributed by atoms with E-state index in [1.54, 1.807) is 0 Å². The topological polar surface area (TPSA) is 9.23 Å². The Morgan fingerprint density at radius 1 is 1.33 bits per heavy atom. The summed E-state index contributed by atoms with van der Waals surface area (Å²) in [6.45, 7) is 6.54. The first-order chi connectivity index (χ1) is 2.56. The predicted octanol–water partition coefficient (Wildman–Crippen LogP) is 1.30. The molecule has 0 spiro atoms. The Labute approximate surface area is 51.6 Å². The van der Waals surface area contributed by atoms with Gasteiger partial charge in [-0.1, -0.05) is 0 Å². The predicted molar refractivity (Wildman–Crippen MR) is 24.4 cm³/mol. The van der Waals surface area contributed by atoms with Crippen LogP contribution >= 0.6 is 0 Å². The molecule has 0 aliphatic rings. The van der Waals surface area contributed by atoms with Crippen molar-refractivity contribution in [3.63, 3.8) is 0 Å². The van der Waals surface area contributed by atoms with Gasteiger partial charge < -0.3 is 0 Å². The Morgan fingerprint density at radius 2 is 1.50 bits per heavy atom. The van der Waals surface area contributed by atoms with Gasteiger partial charge in [-0.15, -0.1) is 0 Å². The molecule has 0 saturated heterocycles. The van der Waals surface area contributed by atoms with Crippen LogP contribution in [-0.2, 0) is 23.3 Å². The molecule has 1 nitrogen and oxygen atoms in total. The van der Waals surface area contributed by atoms with Crippen LogP contribution in [0.15, 0.2) is 0 Å². The molecule has 0 atom stereocenters. The molecule has 0 heterocycles. The van der Waals surface area contributed by atoms with Crippen molar-refractivity contribution in [3.05, 3.63) is 0 Å². The maximum atomic E-state index is 5.16. The molecule has 0 unspecified atom stereocenters. The zero-order chi connectivity index (χ0) is 5.21. The molecular weight excluding hydrogens is 264 g/mol. The van der Waals surface area contributed by atoms with E-state index >= 15 is 0 Å². The first-order valence-corrected chi connectivity index (χ1v) is 6.48. The molecule has 37 valence electrons. The Morgan fingerprint density at radius 3 is 1.50 bits per heavy atom. The standard InChI is InChI=1S/C3H9OSi.W/c1-5(2,3)4;/h1-3H3;/q-1;+1. The molecule has 0 aliphatic carbocycles. The molecule has 0 rings (SSSR count). The van der Waals surface area contributed by atoms with Crippen molar-refractivity contribution >= 4 is 8.32 Å². The fourth-order valence-electron chi connectivity index (χ4n) is 0. The van der Waals surface area contributed by atoms with Crippen LogP contribution in [-0.4, -0.2) is 8.32 Å². The second-order valence-electron chi connectivity index (χ2n) is 2.20. The van der Waals surface area contributed by atoms with Crippen LogP contribution in [0, 0.1) is 0 Å². The van der Waals surface area contributed by atoms with Crippen LogP contribution in [0.1, 0.15) is 0 Å². The van der Waals surface area contributed by atoms with Gasteiger partial charge >= 0.3 is 51.2 Å². The van der Waals surface area contributed by atoms with Gasteiger partial charge in [0.05, 0.1) is 0 Å². The minimum absolute atomic E-state index is 1.09. The van der Waals surface area contributed by atoms with Crippen LogP contribution in [0.4, 0.5) is 0 Å². The van der Waals surface area contributed by atoms with E-state index in [1.165, 1.54) is 20.2 Å². The van der Waals surface area contributed by atoms with Gasteiger partial charge in [-0.3, -0.25) is 0 Å². The van der Waals surface area contributed by atoms with E-state index in [9.17, 15) is 0 Å². The average Bonchev–Trinajstić information content (AvgIpc) is 1.35. The normalized spacial score (nSPS) is 11.8. The molecule has 0 saturated carbocycles. The summed E-state index contributed by atoms with van der Waals surface area (Å²) in [4.78, 5) is 0. The van der Waals surface area contributed by atoms with E-state index in [-0.39, 0.29) is 0 Å². The number of hydrogen-bond donors (Lipinski definition) is 0. The minimum atomic E-state index is -1.09. The number of hydrogen-bond acceptors (Lipinski definition) is 1. The quantitative estimate of drug-likeness (QED) is 0.654. The molecule has 0 bridgehead atoms. The average molecular weight is 273 g/mol. The summed E-state index contributed by atoms with van der Waals surface area (Å²) in [6, 6.07) is 0. The van der Waals surface area contributed by atoms with Gasteiger partial charge in [0.25, 0.3) is 0 Å². The molecule has 0 aromatic rings. The van der Waals surface area contributed by atoms with Crippen LogP contribution in [0.5, 0.6) is 0 Å². The summed E-state index contributed by atoms with van der Waals surface area (Å²) in [5, 5.41) is 0. The first-order valence-electron chi connectivity index (χ1n) is 1.87. The van der Waals surface area contributed by atoms with Crippen molar-refractivity contribution in [3.8, 4) is 0 Å². The first kappa shape index (κ1) is 6.87. The van der Waals surface area contributed by atoms with Gasteiger partial charge in [-0.05, 0) is 0 Å². The third-order valence-corrected chi connectivity index (χ3v) is 6.14. The van der Waals surface area contributed by atoms with E-state index in [2.05, 4.69) is 19.6 Å². The Balaban J connectivity index is 3.17. The fraction of sp³-hybridized carbons (Fsp3) is 1.00. The second-order valence-corrected chi connectivity index (χ2v) is 8.38. The van der Waals surface area contributed by atoms with Crippen molar-refractivity contribution in [2.24, 2.45) is 0 Å². The van der Waals surface area contributed by atoms with Gasteiger partial charge in [0.15, 0.2) is 0 Å². The third-order valence-electron chi connectivity index (χ3n) is 0.250. The monoisotopic (exact) mass is 273 g/mol. The summed E-state index contributed by atoms with van der Waals surface area (Å²) in [5.74, 6) is 0. The van der Waals surface area contributed by atoms with Gasteiger partial charge in [-0.2, -0.15) is 0 Å². The summed E-state index contributed by atoms with van der Waals surface area (Å²) >= 11 is 1.25. The number of rotatable bonds is 1. The van der Waals surface area contributed by atoms with Crippen LogP contribution in [0.25, 0.3) is 0 Å². The zero-order valence-electron chi connectivity index (χ0n) is 4.32. The van der Waals surface area contributed by atoms with Crippen molar-refractivity contribution in [1.29, 1.82) is 0 Å². The Kier molecular flexibility index (Phi) is 2.57. The summed E-state index contributed by atoms with van der Waals surface area (Å²) in [5.41, 5.74) is 0. The van der Waals surface area contributed by atoms with E-state index in [0.29, 0.717) is 0 Å². The van der Waals surface area contributed by atoms with Crippen molar-refractivity contribution in [2.75, 3.05) is 0 Å². The molecule has 0 aromatic heterocycles. The zero-order valence-corrected chi connectivity index (χ0v) is 8.25. The molecule has 0 fully saturated rings. The van der Waals surface area contributed by atoms with E-state index < -0.39 is 8.32 Å². The van der Waals surface area contributed by atoms with Crippen LogP contribution in [0.3, 0.4) is 0 Å². The summed E-state index contributed by atoms with van der Waals surface area (Å²) in [7, 11) is -1.09. The molecule has 0 aromatic carbocycles. The molecular formula is C3H9OSiW. The van der Waals surface area contributed by atoms with Gasteiger partial charge in [-0.25, -0.2) is 0 Å². The fourth-order valence-corrected chi connectivity index (χ4v) is 0. The molecule has 3 heteroatoms. The maximum absolute atomic E-state index is 5.16. The SMILES string of the molecule is C[Si](C)(C)[O][W]. The second kappa shape index (κ2) is 2.24.